The first-order valence-electron chi connectivity index (χ1n) is 7.01. The molecule has 2 unspecified atom stereocenters. The highest BCUT2D eigenvalue weighted by molar-refractivity contribution is 5.70. The third-order valence-electron chi connectivity index (χ3n) is 4.16. The standard InChI is InChI=1S/C16H22O2/c1-2-12-7-9-13(10-8-12)11-14-5-3-4-6-15(14)16(17)18/h7-10,14-15H,2-6,11H2,1H3,(H,17,18). The van der Waals surface area contributed by atoms with Gasteiger partial charge in [0.25, 0.3) is 0 Å². The smallest absolute Gasteiger partial charge is 0.306 e. The van der Waals surface area contributed by atoms with Gasteiger partial charge >= 0.3 is 5.97 Å². The maximum absolute atomic E-state index is 11.3. The molecule has 1 aliphatic rings. The van der Waals surface area contributed by atoms with E-state index < -0.39 is 5.97 Å². The van der Waals surface area contributed by atoms with E-state index >= 15 is 0 Å². The lowest BCUT2D eigenvalue weighted by atomic mass is 9.76. The number of carboxylic acid groups (broad SMARTS) is 1. The summed E-state index contributed by atoms with van der Waals surface area (Å²) >= 11 is 0. The molecule has 2 heteroatoms. The van der Waals surface area contributed by atoms with Gasteiger partial charge in [0.05, 0.1) is 5.92 Å². The number of hydrogen-bond acceptors (Lipinski definition) is 1. The quantitative estimate of drug-likeness (QED) is 0.879. The van der Waals surface area contributed by atoms with Crippen molar-refractivity contribution in [3.63, 3.8) is 0 Å². The van der Waals surface area contributed by atoms with Crippen LogP contribution in [0.4, 0.5) is 0 Å². The molecule has 2 rings (SSSR count). The van der Waals surface area contributed by atoms with Gasteiger partial charge in [0.2, 0.25) is 0 Å². The van der Waals surface area contributed by atoms with Crippen LogP contribution in [-0.2, 0) is 17.6 Å². The Kier molecular flexibility index (Phi) is 4.40. The van der Waals surface area contributed by atoms with Crippen LogP contribution in [-0.4, -0.2) is 11.1 Å². The number of hydrogen-bond donors (Lipinski definition) is 1. The zero-order valence-corrected chi connectivity index (χ0v) is 11.1. The summed E-state index contributed by atoms with van der Waals surface area (Å²) in [6, 6.07) is 8.64. The molecule has 98 valence electrons. The van der Waals surface area contributed by atoms with Gasteiger partial charge in [-0.05, 0) is 42.7 Å². The molecule has 0 bridgehead atoms. The fourth-order valence-electron chi connectivity index (χ4n) is 2.99. The molecule has 0 heterocycles. The van der Waals surface area contributed by atoms with Gasteiger partial charge in [0, 0.05) is 0 Å². The highest BCUT2D eigenvalue weighted by Crippen LogP contribution is 2.32. The third kappa shape index (κ3) is 3.12. The molecule has 1 aromatic carbocycles. The molecule has 2 nitrogen and oxygen atoms in total. The summed E-state index contributed by atoms with van der Waals surface area (Å²) in [6.45, 7) is 2.15. The number of aliphatic carboxylic acids is 1. The van der Waals surface area contributed by atoms with Crippen LogP contribution in [0.3, 0.4) is 0 Å². The Morgan fingerprint density at radius 3 is 2.39 bits per heavy atom. The minimum Gasteiger partial charge on any atom is -0.481 e. The first-order chi connectivity index (χ1) is 8.70. The molecule has 0 radical (unpaired) electrons. The molecule has 1 aromatic rings. The minimum atomic E-state index is -0.607. The van der Waals surface area contributed by atoms with Crippen LogP contribution in [0.15, 0.2) is 24.3 Å². The molecule has 0 spiro atoms. The molecule has 0 aliphatic heterocycles. The summed E-state index contributed by atoms with van der Waals surface area (Å²) < 4.78 is 0. The lowest BCUT2D eigenvalue weighted by Crippen LogP contribution is -2.28. The van der Waals surface area contributed by atoms with E-state index in [0.29, 0.717) is 5.92 Å². The van der Waals surface area contributed by atoms with Crippen molar-refractivity contribution in [2.24, 2.45) is 11.8 Å². The molecular weight excluding hydrogens is 224 g/mol. The molecule has 1 saturated carbocycles. The number of carbonyl (C=O) groups is 1. The van der Waals surface area contributed by atoms with E-state index in [1.54, 1.807) is 0 Å². The zero-order chi connectivity index (χ0) is 13.0. The van der Waals surface area contributed by atoms with Crippen molar-refractivity contribution in [3.8, 4) is 0 Å². The van der Waals surface area contributed by atoms with E-state index in [-0.39, 0.29) is 5.92 Å². The van der Waals surface area contributed by atoms with E-state index in [1.165, 1.54) is 17.5 Å². The average Bonchev–Trinajstić information content (AvgIpc) is 2.40. The first kappa shape index (κ1) is 13.1. The summed E-state index contributed by atoms with van der Waals surface area (Å²) in [7, 11) is 0. The lowest BCUT2D eigenvalue weighted by molar-refractivity contribution is -0.144. The first-order valence-corrected chi connectivity index (χ1v) is 7.01. The van der Waals surface area contributed by atoms with Gasteiger partial charge in [-0.2, -0.15) is 0 Å². The molecule has 2 atom stereocenters. The van der Waals surface area contributed by atoms with Crippen LogP contribution < -0.4 is 0 Å². The minimum absolute atomic E-state index is 0.135. The van der Waals surface area contributed by atoms with E-state index in [9.17, 15) is 9.90 Å². The predicted octanol–water partition coefficient (Wildman–Crippen LogP) is 3.68. The Labute approximate surface area is 109 Å². The van der Waals surface area contributed by atoms with Crippen LogP contribution in [0.5, 0.6) is 0 Å². The maximum Gasteiger partial charge on any atom is 0.306 e. The third-order valence-corrected chi connectivity index (χ3v) is 4.16. The monoisotopic (exact) mass is 246 g/mol. The van der Waals surface area contributed by atoms with Crippen LogP contribution in [0.1, 0.15) is 43.7 Å². The van der Waals surface area contributed by atoms with Gasteiger partial charge in [-0.15, -0.1) is 0 Å². The van der Waals surface area contributed by atoms with Crippen LogP contribution >= 0.6 is 0 Å². The Hall–Kier alpha value is -1.31. The molecule has 1 aliphatic carbocycles. The van der Waals surface area contributed by atoms with Crippen molar-refractivity contribution in [1.29, 1.82) is 0 Å². The molecule has 18 heavy (non-hydrogen) atoms. The molecule has 0 saturated heterocycles. The van der Waals surface area contributed by atoms with Gasteiger partial charge in [-0.3, -0.25) is 4.79 Å². The van der Waals surface area contributed by atoms with Crippen LogP contribution in [0.25, 0.3) is 0 Å². The highest BCUT2D eigenvalue weighted by atomic mass is 16.4. The Balaban J connectivity index is 2.03. The number of benzene rings is 1. The lowest BCUT2D eigenvalue weighted by Gasteiger charge is -2.28. The second kappa shape index (κ2) is 6.03. The number of carboxylic acids is 1. The van der Waals surface area contributed by atoms with Crippen molar-refractivity contribution in [3.05, 3.63) is 35.4 Å². The summed E-state index contributed by atoms with van der Waals surface area (Å²) in [4.78, 5) is 11.3. The Morgan fingerprint density at radius 1 is 1.17 bits per heavy atom. The number of rotatable bonds is 4. The van der Waals surface area contributed by atoms with Gasteiger partial charge in [-0.1, -0.05) is 44.0 Å². The van der Waals surface area contributed by atoms with E-state index in [1.807, 2.05) is 0 Å². The predicted molar refractivity (Wildman–Crippen MR) is 72.6 cm³/mol. The maximum atomic E-state index is 11.3. The van der Waals surface area contributed by atoms with Crippen molar-refractivity contribution in [1.82, 2.24) is 0 Å². The molecular formula is C16H22O2. The van der Waals surface area contributed by atoms with E-state index in [0.717, 1.165) is 32.1 Å². The van der Waals surface area contributed by atoms with Crippen LogP contribution in [0, 0.1) is 11.8 Å². The van der Waals surface area contributed by atoms with E-state index in [4.69, 9.17) is 0 Å². The average molecular weight is 246 g/mol. The van der Waals surface area contributed by atoms with E-state index in [2.05, 4.69) is 31.2 Å². The van der Waals surface area contributed by atoms with Gasteiger partial charge in [0.15, 0.2) is 0 Å². The summed E-state index contributed by atoms with van der Waals surface area (Å²) in [5.41, 5.74) is 2.63. The summed E-state index contributed by atoms with van der Waals surface area (Å²) in [5.74, 6) is -0.418. The second-order valence-electron chi connectivity index (χ2n) is 5.36. The zero-order valence-electron chi connectivity index (χ0n) is 11.1. The van der Waals surface area contributed by atoms with Gasteiger partial charge in [-0.25, -0.2) is 0 Å². The van der Waals surface area contributed by atoms with Crippen LogP contribution in [0.2, 0.25) is 0 Å². The van der Waals surface area contributed by atoms with Crippen molar-refractivity contribution in [2.75, 3.05) is 0 Å². The molecule has 0 aromatic heterocycles. The molecule has 0 amide bonds. The van der Waals surface area contributed by atoms with Crippen molar-refractivity contribution < 1.29 is 9.90 Å². The molecule has 1 fully saturated rings. The summed E-state index contributed by atoms with van der Waals surface area (Å²) in [5, 5.41) is 9.27. The second-order valence-corrected chi connectivity index (χ2v) is 5.36. The van der Waals surface area contributed by atoms with Crippen molar-refractivity contribution >= 4 is 5.97 Å². The fourth-order valence-corrected chi connectivity index (χ4v) is 2.99. The van der Waals surface area contributed by atoms with Gasteiger partial charge < -0.3 is 5.11 Å². The number of aryl methyl sites for hydroxylation is 1. The normalized spacial score (nSPS) is 23.8. The Bertz CT molecular complexity index is 394. The largest absolute Gasteiger partial charge is 0.481 e. The highest BCUT2D eigenvalue weighted by Gasteiger charge is 2.30. The van der Waals surface area contributed by atoms with Gasteiger partial charge in [0.1, 0.15) is 0 Å². The fraction of sp³-hybridized carbons (Fsp3) is 0.562. The van der Waals surface area contributed by atoms with Crippen molar-refractivity contribution in [2.45, 2.75) is 45.4 Å². The topological polar surface area (TPSA) is 37.3 Å². The molecule has 1 N–H and O–H groups in total. The SMILES string of the molecule is CCc1ccc(CC2CCCCC2C(=O)O)cc1. The Morgan fingerprint density at radius 2 is 1.78 bits per heavy atom. The summed E-state index contributed by atoms with van der Waals surface area (Å²) in [6.07, 6.45) is 6.14.